The van der Waals surface area contributed by atoms with Gasteiger partial charge in [0.1, 0.15) is 0 Å². The molecular weight excluding hydrogens is 392 g/mol. The Labute approximate surface area is 169 Å². The van der Waals surface area contributed by atoms with Gasteiger partial charge in [-0.25, -0.2) is 8.42 Å². The summed E-state index contributed by atoms with van der Waals surface area (Å²) in [6.07, 6.45) is 0. The van der Waals surface area contributed by atoms with Gasteiger partial charge in [-0.05, 0) is 55.5 Å². The molecule has 0 fully saturated rings. The first-order chi connectivity index (χ1) is 13.5. The summed E-state index contributed by atoms with van der Waals surface area (Å²) in [6.45, 7) is 1.56. The van der Waals surface area contributed by atoms with Gasteiger partial charge in [0, 0.05) is 21.0 Å². The molecule has 0 saturated carbocycles. The third kappa shape index (κ3) is 5.37. The van der Waals surface area contributed by atoms with E-state index in [1.54, 1.807) is 43.0 Å². The molecule has 0 radical (unpaired) electrons. The summed E-state index contributed by atoms with van der Waals surface area (Å²) in [4.78, 5) is 14.6. The molecule has 0 aromatic heterocycles. The zero-order valence-corrected chi connectivity index (χ0v) is 16.9. The molecule has 2 N–H and O–H groups in total. The maximum Gasteiger partial charge on any atom is 0.255 e. The maximum absolute atomic E-state index is 12.6. The lowest BCUT2D eigenvalue weighted by Crippen LogP contribution is -2.15. The van der Waals surface area contributed by atoms with Crippen molar-refractivity contribution < 1.29 is 13.2 Å². The molecule has 0 saturated heterocycles. The molecule has 1 amide bonds. The number of hydrogen-bond acceptors (Lipinski definition) is 4. The summed E-state index contributed by atoms with van der Waals surface area (Å²) in [5.74, 6) is -0.267. The highest BCUT2D eigenvalue weighted by Crippen LogP contribution is 2.33. The summed E-state index contributed by atoms with van der Waals surface area (Å²) in [7, 11) is -3.34. The fourth-order valence-corrected chi connectivity index (χ4v) is 3.97. The molecule has 0 aliphatic heterocycles. The van der Waals surface area contributed by atoms with Crippen LogP contribution in [0.25, 0.3) is 0 Å². The smallest absolute Gasteiger partial charge is 0.255 e. The summed E-state index contributed by atoms with van der Waals surface area (Å²) in [5, 5.41) is 2.93. The third-order valence-electron chi connectivity index (χ3n) is 3.91. The van der Waals surface area contributed by atoms with E-state index in [0.29, 0.717) is 11.3 Å². The highest BCUT2D eigenvalue weighted by Gasteiger charge is 2.11. The highest BCUT2D eigenvalue weighted by atomic mass is 32.2. The van der Waals surface area contributed by atoms with Crippen LogP contribution in [0.3, 0.4) is 0 Å². The Bertz CT molecular complexity index is 1050. The van der Waals surface area contributed by atoms with E-state index in [0.717, 1.165) is 15.5 Å². The summed E-state index contributed by atoms with van der Waals surface area (Å²) in [5.41, 5.74) is 1.59. The van der Waals surface area contributed by atoms with Crippen LogP contribution in [0.15, 0.2) is 88.7 Å². The highest BCUT2D eigenvalue weighted by molar-refractivity contribution is 7.99. The summed E-state index contributed by atoms with van der Waals surface area (Å²) < 4.78 is 25.7. The maximum atomic E-state index is 12.6. The largest absolute Gasteiger partial charge is 0.321 e. The Morgan fingerprint density at radius 2 is 1.54 bits per heavy atom. The zero-order chi connectivity index (χ0) is 20.0. The van der Waals surface area contributed by atoms with Gasteiger partial charge in [0.2, 0.25) is 10.0 Å². The normalized spacial score (nSPS) is 11.0. The van der Waals surface area contributed by atoms with Crippen molar-refractivity contribution >= 4 is 39.1 Å². The Morgan fingerprint density at radius 3 is 2.21 bits per heavy atom. The number of benzene rings is 3. The van der Waals surface area contributed by atoms with Crippen molar-refractivity contribution in [2.24, 2.45) is 0 Å². The minimum absolute atomic E-state index is 0.00883. The van der Waals surface area contributed by atoms with Gasteiger partial charge in [-0.2, -0.15) is 0 Å². The van der Waals surface area contributed by atoms with E-state index in [2.05, 4.69) is 10.0 Å². The molecule has 3 aromatic rings. The van der Waals surface area contributed by atoms with E-state index in [-0.39, 0.29) is 11.7 Å². The Hall–Kier alpha value is -2.77. The molecule has 7 heteroatoms. The molecule has 0 bridgehead atoms. The summed E-state index contributed by atoms with van der Waals surface area (Å²) >= 11 is 1.57. The van der Waals surface area contributed by atoms with Crippen molar-refractivity contribution in [1.29, 1.82) is 0 Å². The molecule has 3 aromatic carbocycles. The third-order valence-corrected chi connectivity index (χ3v) is 6.30. The number of hydrogen-bond donors (Lipinski definition) is 2. The lowest BCUT2D eigenvalue weighted by Gasteiger charge is -2.11. The van der Waals surface area contributed by atoms with Crippen LogP contribution in [0.5, 0.6) is 0 Å². The molecule has 28 heavy (non-hydrogen) atoms. The van der Waals surface area contributed by atoms with Gasteiger partial charge in [0.05, 0.1) is 11.4 Å². The van der Waals surface area contributed by atoms with Gasteiger partial charge in [0.15, 0.2) is 0 Å². The van der Waals surface area contributed by atoms with Crippen molar-refractivity contribution in [3.8, 4) is 0 Å². The first-order valence-corrected chi connectivity index (χ1v) is 11.2. The van der Waals surface area contributed by atoms with Gasteiger partial charge in [-0.15, -0.1) is 0 Å². The molecule has 5 nitrogen and oxygen atoms in total. The van der Waals surface area contributed by atoms with E-state index < -0.39 is 10.0 Å². The molecular formula is C21H20N2O3S2. The number of para-hydroxylation sites is 1. The van der Waals surface area contributed by atoms with Crippen LogP contribution in [-0.2, 0) is 10.0 Å². The molecule has 0 aliphatic rings. The number of carbonyl (C=O) groups is 1. The van der Waals surface area contributed by atoms with Gasteiger partial charge in [0.25, 0.3) is 5.91 Å². The first-order valence-electron chi connectivity index (χ1n) is 8.71. The second-order valence-corrected chi connectivity index (χ2v) is 9.07. The van der Waals surface area contributed by atoms with Gasteiger partial charge >= 0.3 is 0 Å². The van der Waals surface area contributed by atoms with Gasteiger partial charge in [-0.3, -0.25) is 9.52 Å². The quantitative estimate of drug-likeness (QED) is 0.582. The van der Waals surface area contributed by atoms with Crippen molar-refractivity contribution in [2.75, 3.05) is 15.8 Å². The predicted molar refractivity (Wildman–Crippen MR) is 114 cm³/mol. The number of nitrogens with one attached hydrogen (secondary N) is 2. The van der Waals surface area contributed by atoms with Crippen molar-refractivity contribution in [1.82, 2.24) is 0 Å². The number of sulfonamides is 1. The van der Waals surface area contributed by atoms with Crippen LogP contribution < -0.4 is 10.0 Å². The van der Waals surface area contributed by atoms with E-state index in [4.69, 9.17) is 0 Å². The molecule has 144 valence electrons. The van der Waals surface area contributed by atoms with E-state index in [1.807, 2.05) is 54.6 Å². The topological polar surface area (TPSA) is 75.3 Å². The average Bonchev–Trinajstić information content (AvgIpc) is 2.70. The number of carbonyl (C=O) groups excluding carboxylic acids is 1. The van der Waals surface area contributed by atoms with Crippen LogP contribution in [0, 0.1) is 0 Å². The lowest BCUT2D eigenvalue weighted by molar-refractivity contribution is 0.102. The second kappa shape index (κ2) is 8.95. The standard InChI is InChI=1S/C21H20N2O3S2/c1-2-28(25,26)23-17-14-12-16(13-15-17)21(24)22-19-10-6-7-11-20(19)27-18-8-4-3-5-9-18/h3-15,23H,2H2,1H3,(H,22,24). The predicted octanol–water partition coefficient (Wildman–Crippen LogP) is 4.85. The summed E-state index contributed by atoms with van der Waals surface area (Å²) in [6, 6.07) is 23.9. The Balaban J connectivity index is 1.73. The monoisotopic (exact) mass is 412 g/mol. The Morgan fingerprint density at radius 1 is 0.893 bits per heavy atom. The molecule has 0 atom stereocenters. The molecule has 0 unspecified atom stereocenters. The average molecular weight is 413 g/mol. The Kier molecular flexibility index (Phi) is 6.38. The zero-order valence-electron chi connectivity index (χ0n) is 15.3. The lowest BCUT2D eigenvalue weighted by atomic mass is 10.2. The van der Waals surface area contributed by atoms with Gasteiger partial charge in [-0.1, -0.05) is 42.1 Å². The molecule has 0 heterocycles. The van der Waals surface area contributed by atoms with Crippen LogP contribution >= 0.6 is 11.8 Å². The number of amides is 1. The second-order valence-electron chi connectivity index (χ2n) is 5.95. The SMILES string of the molecule is CCS(=O)(=O)Nc1ccc(C(=O)Nc2ccccc2Sc2ccccc2)cc1. The van der Waals surface area contributed by atoms with E-state index >= 15 is 0 Å². The minimum Gasteiger partial charge on any atom is -0.321 e. The van der Waals surface area contributed by atoms with Gasteiger partial charge < -0.3 is 5.32 Å². The van der Waals surface area contributed by atoms with Crippen molar-refractivity contribution in [3.05, 3.63) is 84.4 Å². The van der Waals surface area contributed by atoms with Crippen LogP contribution in [-0.4, -0.2) is 20.1 Å². The number of anilines is 2. The van der Waals surface area contributed by atoms with Crippen molar-refractivity contribution in [2.45, 2.75) is 16.7 Å². The fraction of sp³-hybridized carbons (Fsp3) is 0.0952. The first kappa shape index (κ1) is 20.0. The van der Waals surface area contributed by atoms with E-state index in [9.17, 15) is 13.2 Å². The fourth-order valence-electron chi connectivity index (χ4n) is 2.41. The number of rotatable bonds is 7. The minimum atomic E-state index is -3.34. The van der Waals surface area contributed by atoms with Crippen LogP contribution in [0.2, 0.25) is 0 Å². The van der Waals surface area contributed by atoms with Crippen LogP contribution in [0.4, 0.5) is 11.4 Å². The van der Waals surface area contributed by atoms with E-state index in [1.165, 1.54) is 0 Å². The molecule has 0 spiro atoms. The van der Waals surface area contributed by atoms with Crippen molar-refractivity contribution in [3.63, 3.8) is 0 Å². The molecule has 0 aliphatic carbocycles. The molecule has 3 rings (SSSR count). The van der Waals surface area contributed by atoms with Crippen LogP contribution in [0.1, 0.15) is 17.3 Å².